The zero-order chi connectivity index (χ0) is 27.9. The molecule has 2 amide bonds. The van der Waals surface area contributed by atoms with Gasteiger partial charge in [-0.3, -0.25) is 24.0 Å². The number of hydrogen-bond donors (Lipinski definition) is 1. The molecular formula is C27H30N4O6S. The highest BCUT2D eigenvalue weighted by Gasteiger charge is 2.32. The Balaban J connectivity index is 2.03. The zero-order valence-corrected chi connectivity index (χ0v) is 22.2. The Morgan fingerprint density at radius 2 is 1.58 bits per heavy atom. The van der Waals surface area contributed by atoms with Crippen molar-refractivity contribution in [3.8, 4) is 0 Å². The summed E-state index contributed by atoms with van der Waals surface area (Å²) in [5, 5.41) is 13.8. The number of amides is 2. The largest absolute Gasteiger partial charge is 0.355 e. The van der Waals surface area contributed by atoms with Crippen LogP contribution in [0.25, 0.3) is 0 Å². The van der Waals surface area contributed by atoms with E-state index in [1.807, 2.05) is 31.2 Å². The summed E-state index contributed by atoms with van der Waals surface area (Å²) in [5.74, 6) is -0.983. The molecule has 0 aromatic heterocycles. The van der Waals surface area contributed by atoms with Gasteiger partial charge in [-0.1, -0.05) is 48.0 Å². The molecule has 0 radical (unpaired) electrons. The predicted octanol–water partition coefficient (Wildman–Crippen LogP) is 3.65. The molecule has 38 heavy (non-hydrogen) atoms. The van der Waals surface area contributed by atoms with Gasteiger partial charge >= 0.3 is 0 Å². The van der Waals surface area contributed by atoms with Crippen LogP contribution in [0.1, 0.15) is 25.0 Å². The van der Waals surface area contributed by atoms with Crippen LogP contribution in [0.3, 0.4) is 0 Å². The summed E-state index contributed by atoms with van der Waals surface area (Å²) in [7, 11) is -4.24. The standard InChI is InChI=1S/C27H30N4O6S/c1-4-28-27(33)21(3)29(18-22-12-10-20(2)11-13-22)26(32)19-30(23-14-16-24(17-15-23)31(34)35)38(36,37)25-8-6-5-7-9-25/h5-17,21H,4,18-19H2,1-3H3,(H,28,33)/t21-/m1/s1. The van der Waals surface area contributed by atoms with E-state index in [0.29, 0.717) is 6.54 Å². The average Bonchev–Trinajstić information content (AvgIpc) is 2.91. The number of sulfonamides is 1. The molecule has 0 aliphatic heterocycles. The van der Waals surface area contributed by atoms with Gasteiger partial charge in [-0.05, 0) is 50.6 Å². The van der Waals surface area contributed by atoms with Crippen molar-refractivity contribution in [3.05, 3.63) is 100 Å². The van der Waals surface area contributed by atoms with Crippen molar-refractivity contribution in [3.63, 3.8) is 0 Å². The van der Waals surface area contributed by atoms with Gasteiger partial charge in [0.15, 0.2) is 0 Å². The van der Waals surface area contributed by atoms with E-state index in [0.717, 1.165) is 15.4 Å². The van der Waals surface area contributed by atoms with Gasteiger partial charge in [0.2, 0.25) is 11.8 Å². The molecule has 0 saturated carbocycles. The second-order valence-electron chi connectivity index (χ2n) is 8.68. The lowest BCUT2D eigenvalue weighted by atomic mass is 10.1. The molecule has 3 aromatic rings. The molecule has 0 saturated heterocycles. The van der Waals surface area contributed by atoms with Gasteiger partial charge in [-0.25, -0.2) is 8.42 Å². The maximum absolute atomic E-state index is 13.7. The van der Waals surface area contributed by atoms with Crippen LogP contribution < -0.4 is 9.62 Å². The summed E-state index contributed by atoms with van der Waals surface area (Å²) in [6.07, 6.45) is 0. The van der Waals surface area contributed by atoms with Crippen molar-refractivity contribution in [1.29, 1.82) is 0 Å². The van der Waals surface area contributed by atoms with Gasteiger partial charge in [0, 0.05) is 25.2 Å². The minimum absolute atomic E-state index is 0.0481. The molecule has 0 fully saturated rings. The van der Waals surface area contributed by atoms with Gasteiger partial charge in [0.05, 0.1) is 15.5 Å². The Morgan fingerprint density at radius 3 is 2.13 bits per heavy atom. The minimum atomic E-state index is -4.24. The van der Waals surface area contributed by atoms with Crippen LogP contribution in [0.4, 0.5) is 11.4 Å². The van der Waals surface area contributed by atoms with Gasteiger partial charge < -0.3 is 10.2 Å². The summed E-state index contributed by atoms with van der Waals surface area (Å²) in [6, 6.07) is 19.1. The molecule has 200 valence electrons. The number of nitrogens with one attached hydrogen (secondary N) is 1. The van der Waals surface area contributed by atoms with Gasteiger partial charge in [-0.2, -0.15) is 0 Å². The Morgan fingerprint density at radius 1 is 0.974 bits per heavy atom. The van der Waals surface area contributed by atoms with Crippen LogP contribution in [0, 0.1) is 17.0 Å². The predicted molar refractivity (Wildman–Crippen MR) is 144 cm³/mol. The van der Waals surface area contributed by atoms with Crippen LogP contribution in [0.5, 0.6) is 0 Å². The molecule has 11 heteroatoms. The minimum Gasteiger partial charge on any atom is -0.355 e. The first-order valence-electron chi connectivity index (χ1n) is 12.0. The van der Waals surface area contributed by atoms with Crippen molar-refractivity contribution in [1.82, 2.24) is 10.2 Å². The third-order valence-corrected chi connectivity index (χ3v) is 7.74. The maximum Gasteiger partial charge on any atom is 0.269 e. The van der Waals surface area contributed by atoms with Gasteiger partial charge in [0.1, 0.15) is 12.6 Å². The fourth-order valence-corrected chi connectivity index (χ4v) is 5.22. The number of aryl methyl sites for hydroxylation is 1. The number of benzene rings is 3. The molecule has 0 aliphatic rings. The lowest BCUT2D eigenvalue weighted by Gasteiger charge is -2.32. The summed E-state index contributed by atoms with van der Waals surface area (Å²) in [6.45, 7) is 5.10. The number of nitro benzene ring substituents is 1. The van der Waals surface area contributed by atoms with E-state index < -0.39 is 33.4 Å². The molecule has 10 nitrogen and oxygen atoms in total. The molecule has 0 spiro atoms. The van der Waals surface area contributed by atoms with Crippen LogP contribution in [-0.2, 0) is 26.2 Å². The number of carbonyl (C=O) groups excluding carboxylic acids is 2. The normalized spacial score (nSPS) is 11.9. The summed E-state index contributed by atoms with van der Waals surface area (Å²) in [5.41, 5.74) is 1.66. The molecule has 3 aromatic carbocycles. The topological polar surface area (TPSA) is 130 Å². The van der Waals surface area contributed by atoms with E-state index in [9.17, 15) is 28.1 Å². The first-order chi connectivity index (χ1) is 18.0. The van der Waals surface area contributed by atoms with E-state index in [1.165, 1.54) is 41.3 Å². The van der Waals surface area contributed by atoms with E-state index >= 15 is 0 Å². The quantitative estimate of drug-likeness (QED) is 0.293. The second-order valence-corrected chi connectivity index (χ2v) is 10.5. The van der Waals surface area contributed by atoms with Crippen molar-refractivity contribution in [2.24, 2.45) is 0 Å². The molecule has 1 N–H and O–H groups in total. The molecule has 0 bridgehead atoms. The molecule has 1 atom stereocenters. The Hall–Kier alpha value is -4.25. The molecule has 0 unspecified atom stereocenters. The fraction of sp³-hybridized carbons (Fsp3) is 0.259. The number of hydrogen-bond acceptors (Lipinski definition) is 6. The number of nitrogens with zero attached hydrogens (tertiary/aromatic N) is 3. The van der Waals surface area contributed by atoms with Crippen LogP contribution in [-0.4, -0.2) is 49.2 Å². The molecule has 3 rings (SSSR count). The molecule has 0 heterocycles. The van der Waals surface area contributed by atoms with Crippen LogP contribution in [0.15, 0.2) is 83.8 Å². The molecule has 0 aliphatic carbocycles. The lowest BCUT2D eigenvalue weighted by Crippen LogP contribution is -2.51. The van der Waals surface area contributed by atoms with E-state index in [2.05, 4.69) is 5.32 Å². The Labute approximate surface area is 222 Å². The number of carbonyl (C=O) groups is 2. The average molecular weight is 539 g/mol. The Kier molecular flexibility index (Phi) is 9.19. The molecular weight excluding hydrogens is 508 g/mol. The highest BCUT2D eigenvalue weighted by molar-refractivity contribution is 7.92. The summed E-state index contributed by atoms with van der Waals surface area (Å²) < 4.78 is 28.2. The Bertz CT molecular complexity index is 1380. The number of anilines is 1. The van der Waals surface area contributed by atoms with Crippen molar-refractivity contribution in [2.75, 3.05) is 17.4 Å². The van der Waals surface area contributed by atoms with Gasteiger partial charge in [-0.15, -0.1) is 0 Å². The van der Waals surface area contributed by atoms with Crippen molar-refractivity contribution in [2.45, 2.75) is 38.3 Å². The second kappa shape index (κ2) is 12.3. The number of likely N-dealkylation sites (N-methyl/N-ethyl adjacent to an activating group) is 1. The van der Waals surface area contributed by atoms with Crippen LogP contribution >= 0.6 is 0 Å². The van der Waals surface area contributed by atoms with E-state index in [4.69, 9.17) is 0 Å². The maximum atomic E-state index is 13.7. The van der Waals surface area contributed by atoms with Gasteiger partial charge in [0.25, 0.3) is 15.7 Å². The van der Waals surface area contributed by atoms with Crippen LogP contribution in [0.2, 0.25) is 0 Å². The smallest absolute Gasteiger partial charge is 0.269 e. The highest BCUT2D eigenvalue weighted by Crippen LogP contribution is 2.26. The van der Waals surface area contributed by atoms with E-state index in [1.54, 1.807) is 32.0 Å². The first kappa shape index (κ1) is 28.3. The third-order valence-electron chi connectivity index (χ3n) is 5.95. The fourth-order valence-electron chi connectivity index (χ4n) is 3.78. The first-order valence-corrected chi connectivity index (χ1v) is 13.4. The number of rotatable bonds is 11. The summed E-state index contributed by atoms with van der Waals surface area (Å²) in [4.78, 5) is 38.3. The SMILES string of the molecule is CCNC(=O)[C@@H](C)N(Cc1ccc(C)cc1)C(=O)CN(c1ccc([N+](=O)[O-])cc1)S(=O)(=O)c1ccccc1. The summed E-state index contributed by atoms with van der Waals surface area (Å²) >= 11 is 0. The lowest BCUT2D eigenvalue weighted by molar-refractivity contribution is -0.384. The highest BCUT2D eigenvalue weighted by atomic mass is 32.2. The van der Waals surface area contributed by atoms with E-state index in [-0.39, 0.29) is 28.7 Å². The number of nitro groups is 1. The number of non-ortho nitro benzene ring substituents is 1. The zero-order valence-electron chi connectivity index (χ0n) is 21.4. The van der Waals surface area contributed by atoms with Crippen molar-refractivity contribution < 1.29 is 22.9 Å². The third kappa shape index (κ3) is 6.74. The van der Waals surface area contributed by atoms with Crippen molar-refractivity contribution >= 4 is 33.2 Å². The monoisotopic (exact) mass is 538 g/mol.